The van der Waals surface area contributed by atoms with Crippen molar-refractivity contribution >= 4 is 23.2 Å². The first kappa shape index (κ1) is 17.3. The summed E-state index contributed by atoms with van der Waals surface area (Å²) in [5.41, 5.74) is 1.22. The molecule has 0 spiro atoms. The monoisotopic (exact) mass is 392 g/mol. The zero-order valence-corrected chi connectivity index (χ0v) is 15.7. The molecule has 1 N–H and O–H groups in total. The second-order valence-corrected chi connectivity index (χ2v) is 8.99. The molecule has 27 heavy (non-hydrogen) atoms. The summed E-state index contributed by atoms with van der Waals surface area (Å²) in [5.74, 6) is 0.231. The maximum atomic E-state index is 13.4. The van der Waals surface area contributed by atoms with Crippen molar-refractivity contribution in [3.05, 3.63) is 29.0 Å². The number of hydrogen-bond acceptors (Lipinski definition) is 4. The zero-order valence-electron chi connectivity index (χ0n) is 15.0. The highest BCUT2D eigenvalue weighted by Gasteiger charge is 2.71. The first-order chi connectivity index (χ1) is 13.0. The van der Waals surface area contributed by atoms with Crippen molar-refractivity contribution in [2.24, 2.45) is 16.5 Å². The van der Waals surface area contributed by atoms with Gasteiger partial charge in [0.1, 0.15) is 17.7 Å². The summed E-state index contributed by atoms with van der Waals surface area (Å²) in [7, 11) is 0. The number of hydrogen-bond donors (Lipinski definition) is 1. The van der Waals surface area contributed by atoms with Crippen LogP contribution in [0.15, 0.2) is 23.4 Å². The van der Waals surface area contributed by atoms with Crippen LogP contribution >= 0.6 is 11.6 Å². The van der Waals surface area contributed by atoms with Crippen molar-refractivity contribution in [1.29, 1.82) is 0 Å². The van der Waals surface area contributed by atoms with Crippen LogP contribution in [-0.4, -0.2) is 29.9 Å². The van der Waals surface area contributed by atoms with Gasteiger partial charge in [0.15, 0.2) is 6.61 Å². The smallest absolute Gasteiger partial charge is 0.258 e. The Balaban J connectivity index is 1.09. The van der Waals surface area contributed by atoms with Crippen molar-refractivity contribution < 1.29 is 18.8 Å². The minimum Gasteiger partial charge on any atom is -0.484 e. The summed E-state index contributed by atoms with van der Waals surface area (Å²) in [4.78, 5) is 17.9. The van der Waals surface area contributed by atoms with Gasteiger partial charge in [-0.3, -0.25) is 4.79 Å². The van der Waals surface area contributed by atoms with Crippen LogP contribution in [0.4, 0.5) is 4.39 Å². The van der Waals surface area contributed by atoms with E-state index in [9.17, 15) is 9.18 Å². The highest BCUT2D eigenvalue weighted by atomic mass is 35.5. The molecule has 144 valence electrons. The van der Waals surface area contributed by atoms with Crippen LogP contribution in [0.1, 0.15) is 44.9 Å². The van der Waals surface area contributed by atoms with E-state index in [1.165, 1.54) is 37.1 Å². The van der Waals surface area contributed by atoms with Crippen LogP contribution in [-0.2, 0) is 9.63 Å². The molecule has 0 unspecified atom stereocenters. The molecule has 1 amide bonds. The highest BCUT2D eigenvalue weighted by molar-refractivity contribution is 6.30. The molecule has 1 aromatic carbocycles. The molecule has 1 atom stereocenters. The van der Waals surface area contributed by atoms with Gasteiger partial charge in [-0.2, -0.15) is 0 Å². The maximum Gasteiger partial charge on any atom is 0.258 e. The van der Waals surface area contributed by atoms with Gasteiger partial charge < -0.3 is 14.9 Å². The molecule has 4 aliphatic carbocycles. The maximum absolute atomic E-state index is 13.4. The quantitative estimate of drug-likeness (QED) is 0.800. The fraction of sp³-hybridized carbons (Fsp3) is 0.600. The van der Waals surface area contributed by atoms with Crippen LogP contribution < -0.4 is 10.1 Å². The third-order valence-electron chi connectivity index (χ3n) is 6.68. The molecule has 2 bridgehead atoms. The van der Waals surface area contributed by atoms with Crippen LogP contribution in [0.5, 0.6) is 5.75 Å². The van der Waals surface area contributed by atoms with E-state index in [4.69, 9.17) is 21.2 Å². The normalized spacial score (nSPS) is 33.9. The van der Waals surface area contributed by atoms with E-state index in [1.807, 2.05) is 0 Å². The van der Waals surface area contributed by atoms with Crippen molar-refractivity contribution in [1.82, 2.24) is 5.32 Å². The van der Waals surface area contributed by atoms with Crippen LogP contribution in [0.3, 0.4) is 0 Å². The predicted octanol–water partition coefficient (Wildman–Crippen LogP) is 3.84. The summed E-state index contributed by atoms with van der Waals surface area (Å²) >= 11 is 5.64. The number of rotatable bonds is 6. The standard InChI is InChI=1S/C20H22ClFN2O3/c21-14-5-4-13(6-15(14)22)26-8-18(25)23-20-9-19(10-20,11-20)17-7-16(27-24-17)12-2-1-3-12/h4-6,12,16H,1-3,7-11H2,(H,23,25)/t16-,19?,20?/m1/s1. The van der Waals surface area contributed by atoms with Crippen LogP contribution in [0.2, 0.25) is 5.02 Å². The van der Waals surface area contributed by atoms with Gasteiger partial charge in [-0.05, 0) is 50.2 Å². The van der Waals surface area contributed by atoms with Crippen molar-refractivity contribution in [3.63, 3.8) is 0 Å². The van der Waals surface area contributed by atoms with E-state index in [-0.39, 0.29) is 34.6 Å². The van der Waals surface area contributed by atoms with E-state index in [0.717, 1.165) is 25.7 Å². The molecule has 0 radical (unpaired) electrons. The van der Waals surface area contributed by atoms with Gasteiger partial charge in [-0.25, -0.2) is 4.39 Å². The minimum atomic E-state index is -0.560. The van der Waals surface area contributed by atoms with Gasteiger partial charge in [-0.1, -0.05) is 23.2 Å². The van der Waals surface area contributed by atoms with E-state index in [0.29, 0.717) is 11.7 Å². The number of halogens is 2. The van der Waals surface area contributed by atoms with Crippen molar-refractivity contribution in [3.8, 4) is 5.75 Å². The molecule has 0 saturated heterocycles. The lowest BCUT2D eigenvalue weighted by atomic mass is 9.37. The van der Waals surface area contributed by atoms with Gasteiger partial charge in [0.25, 0.3) is 5.91 Å². The molecule has 5 aliphatic rings. The number of carbonyl (C=O) groups excluding carboxylic acids is 1. The molecule has 5 nitrogen and oxygen atoms in total. The molecule has 4 saturated carbocycles. The number of nitrogens with one attached hydrogen (secondary N) is 1. The Morgan fingerprint density at radius 1 is 1.37 bits per heavy atom. The molecule has 6 rings (SSSR count). The molecule has 1 heterocycles. The Kier molecular flexibility index (Phi) is 3.90. The minimum absolute atomic E-state index is 0.0318. The Labute approximate surface area is 162 Å². The van der Waals surface area contributed by atoms with Gasteiger partial charge in [0.05, 0.1) is 10.7 Å². The average molecular weight is 393 g/mol. The Morgan fingerprint density at radius 2 is 2.15 bits per heavy atom. The van der Waals surface area contributed by atoms with Gasteiger partial charge in [0.2, 0.25) is 0 Å². The van der Waals surface area contributed by atoms with Gasteiger partial charge in [-0.15, -0.1) is 0 Å². The van der Waals surface area contributed by atoms with Gasteiger partial charge >= 0.3 is 0 Å². The van der Waals surface area contributed by atoms with Gasteiger partial charge in [0, 0.05) is 23.4 Å². The number of benzene rings is 1. The number of oxime groups is 1. The molecular weight excluding hydrogens is 371 g/mol. The molecular formula is C20H22ClFN2O3. The molecule has 4 fully saturated rings. The van der Waals surface area contributed by atoms with Crippen molar-refractivity contribution in [2.45, 2.75) is 56.6 Å². The summed E-state index contributed by atoms with van der Waals surface area (Å²) in [6.45, 7) is -0.135. The van der Waals surface area contributed by atoms with E-state index < -0.39 is 5.82 Å². The highest BCUT2D eigenvalue weighted by Crippen LogP contribution is 2.69. The Morgan fingerprint density at radius 3 is 2.81 bits per heavy atom. The summed E-state index contributed by atoms with van der Waals surface area (Å²) < 4.78 is 18.8. The number of amides is 1. The largest absolute Gasteiger partial charge is 0.484 e. The molecule has 1 aromatic rings. The SMILES string of the molecule is O=C(COc1ccc(Cl)c(F)c1)NC12CC(C3=NO[C@@H](C4CCC4)C3)(C1)C2. The van der Waals surface area contributed by atoms with Crippen LogP contribution in [0, 0.1) is 17.2 Å². The lowest BCUT2D eigenvalue weighted by Gasteiger charge is -2.70. The van der Waals surface area contributed by atoms with Crippen LogP contribution in [0.25, 0.3) is 0 Å². The molecule has 7 heteroatoms. The first-order valence-electron chi connectivity index (χ1n) is 9.59. The number of nitrogens with zero attached hydrogens (tertiary/aromatic N) is 1. The molecule has 0 aromatic heterocycles. The third kappa shape index (κ3) is 2.89. The third-order valence-corrected chi connectivity index (χ3v) is 6.98. The molecule has 1 aliphatic heterocycles. The predicted molar refractivity (Wildman–Crippen MR) is 98.3 cm³/mol. The Bertz CT molecular complexity index is 804. The summed E-state index contributed by atoms with van der Waals surface area (Å²) in [6, 6.07) is 4.14. The average Bonchev–Trinajstić information content (AvgIpc) is 2.98. The van der Waals surface area contributed by atoms with E-state index in [1.54, 1.807) is 6.07 Å². The fourth-order valence-electron chi connectivity index (χ4n) is 5.05. The lowest BCUT2D eigenvalue weighted by Crippen LogP contribution is -2.77. The fourth-order valence-corrected chi connectivity index (χ4v) is 5.17. The van der Waals surface area contributed by atoms with E-state index in [2.05, 4.69) is 10.5 Å². The topological polar surface area (TPSA) is 59.9 Å². The second kappa shape index (κ2) is 6.09. The zero-order chi connectivity index (χ0) is 18.6. The first-order valence-corrected chi connectivity index (χ1v) is 9.97. The second-order valence-electron chi connectivity index (χ2n) is 8.58. The van der Waals surface area contributed by atoms with Crippen molar-refractivity contribution in [2.75, 3.05) is 6.61 Å². The Hall–Kier alpha value is -1.82. The number of carbonyl (C=O) groups is 1. The summed E-state index contributed by atoms with van der Waals surface area (Å²) in [5, 5.41) is 7.50. The lowest BCUT2D eigenvalue weighted by molar-refractivity contribution is -0.143. The van der Waals surface area contributed by atoms with E-state index >= 15 is 0 Å². The number of ether oxygens (including phenoxy) is 1. The summed E-state index contributed by atoms with van der Waals surface area (Å²) in [6.07, 6.45) is 7.87.